The van der Waals surface area contributed by atoms with E-state index in [0.717, 1.165) is 17.7 Å². The first kappa shape index (κ1) is 14.3. The van der Waals surface area contributed by atoms with Crippen molar-refractivity contribution in [1.82, 2.24) is 0 Å². The van der Waals surface area contributed by atoms with Crippen LogP contribution in [0.4, 0.5) is 0 Å². The number of rotatable bonds is 4. The highest BCUT2D eigenvalue weighted by molar-refractivity contribution is 7.98. The average molecular weight is 280 g/mol. The zero-order valence-electron chi connectivity index (χ0n) is 11.2. The van der Waals surface area contributed by atoms with Crippen molar-refractivity contribution in [1.29, 1.82) is 0 Å². The van der Waals surface area contributed by atoms with Crippen LogP contribution in [0.2, 0.25) is 0 Å². The normalized spacial score (nSPS) is 16.9. The van der Waals surface area contributed by atoms with Gasteiger partial charge in [-0.05, 0) is 44.1 Å². The molecule has 0 saturated heterocycles. The summed E-state index contributed by atoms with van der Waals surface area (Å²) in [7, 11) is 0. The monoisotopic (exact) mass is 280 g/mol. The van der Waals surface area contributed by atoms with Crippen LogP contribution in [0, 0.1) is 0 Å². The summed E-state index contributed by atoms with van der Waals surface area (Å²) in [4.78, 5) is 12.2. The molecule has 0 aliphatic heterocycles. The molecule has 1 aromatic carbocycles. The third kappa shape index (κ3) is 3.66. The van der Waals surface area contributed by atoms with E-state index >= 15 is 0 Å². The predicted molar refractivity (Wildman–Crippen MR) is 77.3 cm³/mol. The molecule has 104 valence electrons. The molecule has 0 spiro atoms. The van der Waals surface area contributed by atoms with Crippen LogP contribution in [0.3, 0.4) is 0 Å². The van der Waals surface area contributed by atoms with Gasteiger partial charge < -0.3 is 9.84 Å². The highest BCUT2D eigenvalue weighted by Crippen LogP contribution is 2.31. The quantitative estimate of drug-likeness (QED) is 0.663. The molecule has 4 heteroatoms. The molecule has 1 saturated carbocycles. The highest BCUT2D eigenvalue weighted by Gasteiger charge is 2.20. The van der Waals surface area contributed by atoms with Crippen LogP contribution < -0.4 is 4.74 Å². The van der Waals surface area contributed by atoms with Crippen molar-refractivity contribution in [3.63, 3.8) is 0 Å². The van der Waals surface area contributed by atoms with Gasteiger partial charge in [0.15, 0.2) is 0 Å². The van der Waals surface area contributed by atoms with Crippen LogP contribution in [0.5, 0.6) is 5.75 Å². The molecule has 1 aromatic rings. The molecule has 3 nitrogen and oxygen atoms in total. The maximum atomic E-state index is 11.4. The topological polar surface area (TPSA) is 46.5 Å². The number of carboxylic acids is 1. The van der Waals surface area contributed by atoms with Crippen LogP contribution in [-0.4, -0.2) is 23.4 Å². The van der Waals surface area contributed by atoms with Gasteiger partial charge in [0.25, 0.3) is 0 Å². The minimum atomic E-state index is -0.909. The largest absolute Gasteiger partial charge is 0.489 e. The standard InChI is InChI=1S/C15H20O3S/c1-19-13-10-6-9-12(14(13)15(16)17)18-11-7-4-2-3-5-8-11/h6,9-11H,2-5,7-8H2,1H3,(H,16,17). The average Bonchev–Trinajstić information content (AvgIpc) is 2.66. The summed E-state index contributed by atoms with van der Waals surface area (Å²) in [5.74, 6) is -0.389. The van der Waals surface area contributed by atoms with Crippen molar-refractivity contribution in [2.24, 2.45) is 0 Å². The summed E-state index contributed by atoms with van der Waals surface area (Å²) < 4.78 is 5.98. The minimum Gasteiger partial charge on any atom is -0.489 e. The lowest BCUT2D eigenvalue weighted by Crippen LogP contribution is -2.17. The molecule has 0 radical (unpaired) electrons. The number of benzene rings is 1. The molecule has 1 N–H and O–H groups in total. The molecule has 0 atom stereocenters. The van der Waals surface area contributed by atoms with Crippen LogP contribution in [0.1, 0.15) is 48.9 Å². The lowest BCUT2D eigenvalue weighted by atomic mass is 10.1. The third-order valence-corrected chi connectivity index (χ3v) is 4.30. The van der Waals surface area contributed by atoms with Gasteiger partial charge in [0.2, 0.25) is 0 Å². The minimum absolute atomic E-state index is 0.165. The van der Waals surface area contributed by atoms with Gasteiger partial charge >= 0.3 is 5.97 Å². The fourth-order valence-electron chi connectivity index (χ4n) is 2.53. The molecule has 2 rings (SSSR count). The molecule has 1 aliphatic carbocycles. The van der Waals surface area contributed by atoms with E-state index < -0.39 is 5.97 Å². The first-order chi connectivity index (χ1) is 9.22. The van der Waals surface area contributed by atoms with E-state index in [1.807, 2.05) is 18.4 Å². The summed E-state index contributed by atoms with van der Waals surface area (Å²) in [6.45, 7) is 0. The molecule has 0 amide bonds. The van der Waals surface area contributed by atoms with Gasteiger partial charge in [0, 0.05) is 4.90 Å². The Morgan fingerprint density at radius 3 is 2.53 bits per heavy atom. The fraction of sp³-hybridized carbons (Fsp3) is 0.533. The molecular weight excluding hydrogens is 260 g/mol. The SMILES string of the molecule is CSc1cccc(OC2CCCCCC2)c1C(=O)O. The Hall–Kier alpha value is -1.16. The van der Waals surface area contributed by atoms with Crippen molar-refractivity contribution in [3.8, 4) is 5.75 Å². The van der Waals surface area contributed by atoms with Crippen LogP contribution in [-0.2, 0) is 0 Å². The summed E-state index contributed by atoms with van der Waals surface area (Å²) in [5, 5.41) is 9.37. The molecule has 0 unspecified atom stereocenters. The molecule has 1 aliphatic rings. The van der Waals surface area contributed by atoms with E-state index in [2.05, 4.69) is 0 Å². The Morgan fingerprint density at radius 1 is 1.26 bits per heavy atom. The van der Waals surface area contributed by atoms with Gasteiger partial charge in [-0.2, -0.15) is 0 Å². The molecule has 0 bridgehead atoms. The van der Waals surface area contributed by atoms with Crippen molar-refractivity contribution >= 4 is 17.7 Å². The van der Waals surface area contributed by atoms with Gasteiger partial charge in [-0.1, -0.05) is 18.9 Å². The van der Waals surface area contributed by atoms with E-state index in [0.29, 0.717) is 11.3 Å². The summed E-state index contributed by atoms with van der Waals surface area (Å²) in [6, 6.07) is 5.46. The number of hydrogen-bond donors (Lipinski definition) is 1. The van der Waals surface area contributed by atoms with E-state index in [4.69, 9.17) is 4.74 Å². The summed E-state index contributed by atoms with van der Waals surface area (Å²) in [6.07, 6.45) is 8.98. The predicted octanol–water partition coefficient (Wildman–Crippen LogP) is 4.21. The Bertz CT molecular complexity index is 437. The number of thioether (sulfide) groups is 1. The van der Waals surface area contributed by atoms with Gasteiger partial charge in [-0.3, -0.25) is 0 Å². The maximum Gasteiger partial charge on any atom is 0.340 e. The van der Waals surface area contributed by atoms with E-state index in [1.54, 1.807) is 6.07 Å². The molecule has 0 aromatic heterocycles. The Labute approximate surface area is 118 Å². The lowest BCUT2D eigenvalue weighted by molar-refractivity contribution is 0.0683. The summed E-state index contributed by atoms with van der Waals surface area (Å²) in [5.41, 5.74) is 0.305. The first-order valence-electron chi connectivity index (χ1n) is 6.79. The van der Waals surface area contributed by atoms with Crippen molar-refractivity contribution in [2.75, 3.05) is 6.26 Å². The maximum absolute atomic E-state index is 11.4. The lowest BCUT2D eigenvalue weighted by Gasteiger charge is -2.19. The molecule has 1 fully saturated rings. The Kier molecular flexibility index (Phi) is 5.14. The second kappa shape index (κ2) is 6.85. The van der Waals surface area contributed by atoms with Crippen LogP contribution in [0.15, 0.2) is 23.1 Å². The fourth-order valence-corrected chi connectivity index (χ4v) is 3.14. The zero-order chi connectivity index (χ0) is 13.7. The van der Waals surface area contributed by atoms with Crippen LogP contribution >= 0.6 is 11.8 Å². The smallest absolute Gasteiger partial charge is 0.340 e. The van der Waals surface area contributed by atoms with Gasteiger partial charge in [-0.25, -0.2) is 4.79 Å². The number of carboxylic acid groups (broad SMARTS) is 1. The zero-order valence-corrected chi connectivity index (χ0v) is 12.0. The molecular formula is C15H20O3S. The number of hydrogen-bond acceptors (Lipinski definition) is 3. The van der Waals surface area contributed by atoms with E-state index in [9.17, 15) is 9.90 Å². The third-order valence-electron chi connectivity index (χ3n) is 3.52. The van der Waals surface area contributed by atoms with Gasteiger partial charge in [-0.15, -0.1) is 11.8 Å². The Balaban J connectivity index is 2.21. The van der Waals surface area contributed by atoms with E-state index in [-0.39, 0.29) is 6.10 Å². The number of ether oxygens (including phenoxy) is 1. The van der Waals surface area contributed by atoms with Crippen molar-refractivity contribution < 1.29 is 14.6 Å². The molecule has 19 heavy (non-hydrogen) atoms. The number of carbonyl (C=O) groups is 1. The number of aromatic carboxylic acids is 1. The second-order valence-corrected chi connectivity index (χ2v) is 5.72. The Morgan fingerprint density at radius 2 is 1.95 bits per heavy atom. The van der Waals surface area contributed by atoms with Gasteiger partial charge in [0.05, 0.1) is 6.10 Å². The van der Waals surface area contributed by atoms with E-state index in [1.165, 1.54) is 37.4 Å². The second-order valence-electron chi connectivity index (χ2n) is 4.87. The van der Waals surface area contributed by atoms with Gasteiger partial charge in [0.1, 0.15) is 11.3 Å². The van der Waals surface area contributed by atoms with Crippen molar-refractivity contribution in [2.45, 2.75) is 49.5 Å². The molecule has 0 heterocycles. The van der Waals surface area contributed by atoms with Crippen LogP contribution in [0.25, 0.3) is 0 Å². The first-order valence-corrected chi connectivity index (χ1v) is 8.02. The highest BCUT2D eigenvalue weighted by atomic mass is 32.2. The summed E-state index contributed by atoms with van der Waals surface area (Å²) >= 11 is 1.44. The van der Waals surface area contributed by atoms with Crippen molar-refractivity contribution in [3.05, 3.63) is 23.8 Å².